The standard InChI is InChI=1S/C24H30O3/c1-17(8-7-11-18-9-5-4-6-10-18)26-20-14-21-23-19(12-13-25-21)16-24(2,3)27-22(23)15-20/h4-6,9-10,14-15,17,19H,7-8,11-13,16H2,1-3H3. The Hall–Kier alpha value is -2.16. The van der Waals surface area contributed by atoms with Crippen LogP contribution in [0, 0.1) is 0 Å². The molecule has 2 aromatic rings. The molecule has 2 aliphatic rings. The normalized spacial score (nSPS) is 20.8. The van der Waals surface area contributed by atoms with Gasteiger partial charge in [-0.3, -0.25) is 0 Å². The van der Waals surface area contributed by atoms with Gasteiger partial charge in [0, 0.05) is 17.7 Å². The maximum Gasteiger partial charge on any atom is 0.130 e. The van der Waals surface area contributed by atoms with Crippen LogP contribution in [0.1, 0.15) is 63.5 Å². The Morgan fingerprint density at radius 2 is 1.93 bits per heavy atom. The van der Waals surface area contributed by atoms with Gasteiger partial charge in [0.1, 0.15) is 22.8 Å². The molecule has 3 nitrogen and oxygen atoms in total. The zero-order chi connectivity index (χ0) is 18.9. The minimum atomic E-state index is -0.133. The third-order valence-electron chi connectivity index (χ3n) is 5.59. The molecule has 0 amide bonds. The Morgan fingerprint density at radius 1 is 1.15 bits per heavy atom. The van der Waals surface area contributed by atoms with Gasteiger partial charge in [0.05, 0.1) is 12.7 Å². The van der Waals surface area contributed by atoms with E-state index in [1.807, 2.05) is 0 Å². The van der Waals surface area contributed by atoms with E-state index in [1.165, 1.54) is 11.1 Å². The Morgan fingerprint density at radius 3 is 2.74 bits per heavy atom. The van der Waals surface area contributed by atoms with Crippen LogP contribution in [0.25, 0.3) is 0 Å². The molecular weight excluding hydrogens is 336 g/mol. The number of hydrogen-bond donors (Lipinski definition) is 0. The van der Waals surface area contributed by atoms with Crippen LogP contribution in [-0.2, 0) is 6.42 Å². The summed E-state index contributed by atoms with van der Waals surface area (Å²) in [5.41, 5.74) is 2.49. The van der Waals surface area contributed by atoms with Crippen LogP contribution in [0.2, 0.25) is 0 Å². The molecule has 144 valence electrons. The lowest BCUT2D eigenvalue weighted by Crippen LogP contribution is -2.36. The van der Waals surface area contributed by atoms with Gasteiger partial charge in [-0.2, -0.15) is 0 Å². The first kappa shape index (κ1) is 18.2. The van der Waals surface area contributed by atoms with E-state index in [0.29, 0.717) is 5.92 Å². The Bertz CT molecular complexity index is 782. The molecule has 0 N–H and O–H groups in total. The van der Waals surface area contributed by atoms with E-state index < -0.39 is 0 Å². The van der Waals surface area contributed by atoms with Gasteiger partial charge < -0.3 is 14.2 Å². The molecule has 0 spiro atoms. The molecule has 2 aromatic carbocycles. The molecule has 0 saturated heterocycles. The maximum absolute atomic E-state index is 6.27. The second kappa shape index (κ2) is 7.46. The van der Waals surface area contributed by atoms with E-state index in [2.05, 4.69) is 63.2 Å². The first-order valence-corrected chi connectivity index (χ1v) is 10.2. The molecule has 27 heavy (non-hydrogen) atoms. The smallest absolute Gasteiger partial charge is 0.130 e. The summed E-state index contributed by atoms with van der Waals surface area (Å²) >= 11 is 0. The van der Waals surface area contributed by atoms with Crippen LogP contribution < -0.4 is 14.2 Å². The van der Waals surface area contributed by atoms with E-state index >= 15 is 0 Å². The molecule has 0 saturated carbocycles. The van der Waals surface area contributed by atoms with Crippen LogP contribution >= 0.6 is 0 Å². The molecule has 2 atom stereocenters. The van der Waals surface area contributed by atoms with Crippen LogP contribution in [0.4, 0.5) is 0 Å². The van der Waals surface area contributed by atoms with Crippen molar-refractivity contribution in [3.63, 3.8) is 0 Å². The summed E-state index contributed by atoms with van der Waals surface area (Å²) in [5, 5.41) is 0. The highest BCUT2D eigenvalue weighted by molar-refractivity contribution is 5.54. The van der Waals surface area contributed by atoms with Gasteiger partial charge in [0.2, 0.25) is 0 Å². The van der Waals surface area contributed by atoms with Gasteiger partial charge in [0.15, 0.2) is 0 Å². The molecule has 3 heteroatoms. The predicted octanol–water partition coefficient (Wildman–Crippen LogP) is 5.90. The third kappa shape index (κ3) is 4.23. The van der Waals surface area contributed by atoms with Crippen molar-refractivity contribution < 1.29 is 14.2 Å². The predicted molar refractivity (Wildman–Crippen MR) is 108 cm³/mol. The average molecular weight is 367 g/mol. The minimum absolute atomic E-state index is 0.133. The van der Waals surface area contributed by atoms with E-state index in [4.69, 9.17) is 14.2 Å². The molecular formula is C24H30O3. The highest BCUT2D eigenvalue weighted by Gasteiger charge is 2.38. The van der Waals surface area contributed by atoms with Crippen molar-refractivity contribution in [1.29, 1.82) is 0 Å². The zero-order valence-electron chi connectivity index (χ0n) is 16.7. The van der Waals surface area contributed by atoms with E-state index in [9.17, 15) is 0 Å². The molecule has 0 aromatic heterocycles. The van der Waals surface area contributed by atoms with E-state index in [1.54, 1.807) is 0 Å². The Kier molecular flexibility index (Phi) is 5.03. The van der Waals surface area contributed by atoms with Gasteiger partial charge in [-0.15, -0.1) is 0 Å². The molecule has 2 heterocycles. The number of ether oxygens (including phenoxy) is 3. The van der Waals surface area contributed by atoms with Crippen molar-refractivity contribution >= 4 is 0 Å². The van der Waals surface area contributed by atoms with Crippen molar-refractivity contribution in [3.05, 3.63) is 53.6 Å². The van der Waals surface area contributed by atoms with E-state index in [0.717, 1.165) is 56.0 Å². The SMILES string of the molecule is CC(CCCc1ccccc1)Oc1cc2c3c(c1)OC(C)(C)CC3CCO2. The lowest BCUT2D eigenvalue weighted by atomic mass is 9.81. The lowest BCUT2D eigenvalue weighted by Gasteiger charge is -2.40. The van der Waals surface area contributed by atoms with Crippen molar-refractivity contribution in [1.82, 2.24) is 0 Å². The molecule has 4 rings (SSSR count). The fourth-order valence-electron chi connectivity index (χ4n) is 4.37. The summed E-state index contributed by atoms with van der Waals surface area (Å²) in [5.74, 6) is 3.28. The van der Waals surface area contributed by atoms with E-state index in [-0.39, 0.29) is 11.7 Å². The first-order chi connectivity index (χ1) is 13.0. The molecule has 0 radical (unpaired) electrons. The molecule has 0 aliphatic carbocycles. The van der Waals surface area contributed by atoms with Crippen LogP contribution in [-0.4, -0.2) is 18.3 Å². The van der Waals surface area contributed by atoms with Gasteiger partial charge in [-0.25, -0.2) is 0 Å². The van der Waals surface area contributed by atoms with Gasteiger partial charge in [-0.1, -0.05) is 30.3 Å². The summed E-state index contributed by atoms with van der Waals surface area (Å²) in [6.07, 6.45) is 5.51. The fraction of sp³-hybridized carbons (Fsp3) is 0.500. The number of rotatable bonds is 6. The monoisotopic (exact) mass is 366 g/mol. The molecule has 0 fully saturated rings. The second-order valence-corrected chi connectivity index (χ2v) is 8.54. The third-order valence-corrected chi connectivity index (χ3v) is 5.59. The minimum Gasteiger partial charge on any atom is -0.493 e. The van der Waals surface area contributed by atoms with Crippen molar-refractivity contribution in [2.24, 2.45) is 0 Å². The second-order valence-electron chi connectivity index (χ2n) is 8.54. The number of benzene rings is 2. The maximum atomic E-state index is 6.27. The van der Waals surface area contributed by atoms with Crippen molar-refractivity contribution in [2.75, 3.05) is 6.61 Å². The zero-order valence-corrected chi connectivity index (χ0v) is 16.7. The first-order valence-electron chi connectivity index (χ1n) is 10.2. The van der Waals surface area contributed by atoms with Crippen LogP contribution in [0.5, 0.6) is 17.2 Å². The largest absolute Gasteiger partial charge is 0.493 e. The van der Waals surface area contributed by atoms with Crippen LogP contribution in [0.3, 0.4) is 0 Å². The summed E-state index contributed by atoms with van der Waals surface area (Å²) < 4.78 is 18.4. The van der Waals surface area contributed by atoms with Crippen molar-refractivity contribution in [2.45, 2.75) is 70.5 Å². The van der Waals surface area contributed by atoms with Crippen molar-refractivity contribution in [3.8, 4) is 17.2 Å². The lowest BCUT2D eigenvalue weighted by molar-refractivity contribution is 0.0596. The summed E-state index contributed by atoms with van der Waals surface area (Å²) in [6.45, 7) is 7.27. The summed E-state index contributed by atoms with van der Waals surface area (Å²) in [7, 11) is 0. The van der Waals surface area contributed by atoms with Crippen LogP contribution in [0.15, 0.2) is 42.5 Å². The average Bonchev–Trinajstić information content (AvgIpc) is 2.61. The number of hydrogen-bond acceptors (Lipinski definition) is 3. The molecule has 2 unspecified atom stereocenters. The quantitative estimate of drug-likeness (QED) is 0.636. The van der Waals surface area contributed by atoms with Gasteiger partial charge in [0.25, 0.3) is 0 Å². The fourth-order valence-corrected chi connectivity index (χ4v) is 4.37. The summed E-state index contributed by atoms with van der Waals surface area (Å²) in [6, 6.07) is 14.8. The Labute approximate surface area is 162 Å². The molecule has 0 bridgehead atoms. The summed E-state index contributed by atoms with van der Waals surface area (Å²) in [4.78, 5) is 0. The van der Waals surface area contributed by atoms with Gasteiger partial charge >= 0.3 is 0 Å². The highest BCUT2D eigenvalue weighted by Crippen LogP contribution is 2.50. The topological polar surface area (TPSA) is 27.7 Å². The highest BCUT2D eigenvalue weighted by atomic mass is 16.5. The molecule has 2 aliphatic heterocycles. The number of aryl methyl sites for hydroxylation is 1. The van der Waals surface area contributed by atoms with Gasteiger partial charge in [-0.05, 0) is 64.4 Å². The Balaban J connectivity index is 1.42.